The Morgan fingerprint density at radius 3 is 2.38 bits per heavy atom. The monoisotopic (exact) mass is 225 g/mol. The average Bonchev–Trinajstić information content (AvgIpc) is 1.69. The summed E-state index contributed by atoms with van der Waals surface area (Å²) in [7, 11) is 0. The van der Waals surface area contributed by atoms with Crippen LogP contribution in [0.25, 0.3) is 0 Å². The van der Waals surface area contributed by atoms with Crippen molar-refractivity contribution in [2.75, 3.05) is 5.33 Å². The van der Waals surface area contributed by atoms with Gasteiger partial charge in [0.2, 0.25) is 0 Å². The Balaban J connectivity index is 0. The molecule has 0 saturated heterocycles. The minimum Gasteiger partial charge on any atom is -0.198 e. The number of nitrogens with zero attached hydrogens (tertiary/aromatic N) is 1. The van der Waals surface area contributed by atoms with Gasteiger partial charge in [-0.15, -0.1) is 0 Å². The van der Waals surface area contributed by atoms with E-state index in [-0.39, 0.29) is 19.5 Å². The summed E-state index contributed by atoms with van der Waals surface area (Å²) in [6, 6.07) is 2.08. The molecular formula is C5H8BrNZn. The quantitative estimate of drug-likeness (QED) is 0.411. The first-order chi connectivity index (χ1) is 3.41. The largest absolute Gasteiger partial charge is 0.198 e. The van der Waals surface area contributed by atoms with Crippen LogP contribution in [-0.2, 0) is 19.5 Å². The molecule has 0 aliphatic carbocycles. The van der Waals surface area contributed by atoms with Gasteiger partial charge in [0.05, 0.1) is 6.07 Å². The van der Waals surface area contributed by atoms with Crippen LogP contribution in [0.3, 0.4) is 0 Å². The SMILES string of the molecule is N#CCCCCBr.[Zn]. The number of hydrogen-bond donors (Lipinski definition) is 0. The van der Waals surface area contributed by atoms with Crippen LogP contribution in [0, 0.1) is 11.3 Å². The molecule has 0 aliphatic rings. The van der Waals surface area contributed by atoms with E-state index in [2.05, 4.69) is 22.0 Å². The van der Waals surface area contributed by atoms with Crippen molar-refractivity contribution in [1.29, 1.82) is 5.26 Å². The molecule has 0 amide bonds. The van der Waals surface area contributed by atoms with Gasteiger partial charge in [0.1, 0.15) is 0 Å². The number of alkyl halides is 1. The molecule has 1 nitrogen and oxygen atoms in total. The third-order valence-electron chi connectivity index (χ3n) is 0.672. The summed E-state index contributed by atoms with van der Waals surface area (Å²) in [5.74, 6) is 0. The van der Waals surface area contributed by atoms with Crippen molar-refractivity contribution in [2.45, 2.75) is 19.3 Å². The van der Waals surface area contributed by atoms with Gasteiger partial charge in [0.25, 0.3) is 0 Å². The van der Waals surface area contributed by atoms with Crippen molar-refractivity contribution in [3.05, 3.63) is 0 Å². The maximum Gasteiger partial charge on any atom is 0.0621 e. The van der Waals surface area contributed by atoms with E-state index in [4.69, 9.17) is 5.26 Å². The third-order valence-corrected chi connectivity index (χ3v) is 1.23. The predicted octanol–water partition coefficient (Wildman–Crippen LogP) is 2.07. The van der Waals surface area contributed by atoms with Crippen LogP contribution in [0.2, 0.25) is 0 Å². The van der Waals surface area contributed by atoms with Crippen LogP contribution >= 0.6 is 15.9 Å². The molecule has 0 atom stereocenters. The van der Waals surface area contributed by atoms with Crippen LogP contribution in [0.4, 0.5) is 0 Å². The molecule has 0 aromatic heterocycles. The van der Waals surface area contributed by atoms with Gasteiger partial charge in [-0.1, -0.05) is 15.9 Å². The number of rotatable bonds is 3. The van der Waals surface area contributed by atoms with E-state index in [9.17, 15) is 0 Å². The Morgan fingerprint density at radius 1 is 1.38 bits per heavy atom. The number of unbranched alkanes of at least 4 members (excludes halogenated alkanes) is 2. The Kier molecular flexibility index (Phi) is 15.0. The van der Waals surface area contributed by atoms with E-state index < -0.39 is 0 Å². The van der Waals surface area contributed by atoms with Crippen molar-refractivity contribution in [2.24, 2.45) is 0 Å². The Morgan fingerprint density at radius 2 is 2.00 bits per heavy atom. The molecule has 0 unspecified atom stereocenters. The first-order valence-electron chi connectivity index (χ1n) is 2.34. The summed E-state index contributed by atoms with van der Waals surface area (Å²) in [4.78, 5) is 0. The summed E-state index contributed by atoms with van der Waals surface area (Å²) in [5.41, 5.74) is 0. The summed E-state index contributed by atoms with van der Waals surface area (Å²) in [6.07, 6.45) is 2.85. The molecule has 3 heteroatoms. The van der Waals surface area contributed by atoms with Crippen LogP contribution in [0.1, 0.15) is 19.3 Å². The zero-order chi connectivity index (χ0) is 5.54. The zero-order valence-electron chi connectivity index (χ0n) is 4.86. The second-order valence-electron chi connectivity index (χ2n) is 1.30. The predicted molar refractivity (Wildman–Crippen MR) is 33.3 cm³/mol. The fourth-order valence-electron chi connectivity index (χ4n) is 0.299. The van der Waals surface area contributed by atoms with Crippen LogP contribution in [0.5, 0.6) is 0 Å². The van der Waals surface area contributed by atoms with Crippen molar-refractivity contribution in [3.63, 3.8) is 0 Å². The molecule has 0 bridgehead atoms. The van der Waals surface area contributed by atoms with Crippen LogP contribution in [-0.4, -0.2) is 5.33 Å². The molecule has 0 fully saturated rings. The summed E-state index contributed by atoms with van der Waals surface area (Å²) >= 11 is 3.27. The van der Waals surface area contributed by atoms with Crippen LogP contribution < -0.4 is 0 Å². The molecule has 0 saturated carbocycles. The summed E-state index contributed by atoms with van der Waals surface area (Å²) < 4.78 is 0. The van der Waals surface area contributed by atoms with E-state index in [0.717, 1.165) is 18.2 Å². The van der Waals surface area contributed by atoms with Crippen molar-refractivity contribution in [1.82, 2.24) is 0 Å². The van der Waals surface area contributed by atoms with E-state index in [1.807, 2.05) is 0 Å². The van der Waals surface area contributed by atoms with Gasteiger partial charge in [-0.05, 0) is 12.8 Å². The normalized spacial score (nSPS) is 7.00. The third kappa shape index (κ3) is 9.78. The van der Waals surface area contributed by atoms with E-state index in [1.165, 1.54) is 0 Å². The average molecular weight is 227 g/mol. The molecule has 0 rings (SSSR count). The van der Waals surface area contributed by atoms with Gasteiger partial charge in [-0.25, -0.2) is 0 Å². The first-order valence-corrected chi connectivity index (χ1v) is 3.47. The van der Waals surface area contributed by atoms with Crippen molar-refractivity contribution in [3.8, 4) is 6.07 Å². The fraction of sp³-hybridized carbons (Fsp3) is 0.800. The van der Waals surface area contributed by atoms with E-state index in [1.54, 1.807) is 0 Å². The molecule has 0 aromatic rings. The minimum atomic E-state index is 0. The summed E-state index contributed by atoms with van der Waals surface area (Å²) in [6.45, 7) is 0. The topological polar surface area (TPSA) is 23.8 Å². The smallest absolute Gasteiger partial charge is 0.0621 e. The molecule has 42 valence electrons. The van der Waals surface area contributed by atoms with Crippen molar-refractivity contribution < 1.29 is 19.5 Å². The Labute approximate surface area is 71.3 Å². The first kappa shape index (κ1) is 11.4. The maximum absolute atomic E-state index is 8.03. The fourth-order valence-corrected chi connectivity index (χ4v) is 0.695. The molecule has 0 N–H and O–H groups in total. The van der Waals surface area contributed by atoms with Crippen molar-refractivity contribution >= 4 is 15.9 Å². The standard InChI is InChI=1S/C5H8BrN.Zn/c6-4-2-1-3-5-7;/h1-4H2;. The zero-order valence-corrected chi connectivity index (χ0v) is 9.41. The minimum absolute atomic E-state index is 0. The van der Waals surface area contributed by atoms with Gasteiger partial charge in [-0.3, -0.25) is 0 Å². The van der Waals surface area contributed by atoms with Gasteiger partial charge in [-0.2, -0.15) is 5.26 Å². The van der Waals surface area contributed by atoms with Gasteiger partial charge >= 0.3 is 0 Å². The number of halogens is 1. The Hall–Kier alpha value is 0.593. The van der Waals surface area contributed by atoms with Gasteiger partial charge in [0.15, 0.2) is 0 Å². The van der Waals surface area contributed by atoms with E-state index in [0.29, 0.717) is 6.42 Å². The molecule has 0 aromatic carbocycles. The van der Waals surface area contributed by atoms with Gasteiger partial charge in [0, 0.05) is 31.2 Å². The second kappa shape index (κ2) is 10.6. The van der Waals surface area contributed by atoms with Gasteiger partial charge < -0.3 is 0 Å². The molecule has 0 spiro atoms. The molecular weight excluding hydrogens is 219 g/mol. The second-order valence-corrected chi connectivity index (χ2v) is 2.10. The molecule has 0 radical (unpaired) electrons. The van der Waals surface area contributed by atoms with Crippen LogP contribution in [0.15, 0.2) is 0 Å². The molecule has 0 aliphatic heterocycles. The number of hydrogen-bond acceptors (Lipinski definition) is 1. The molecule has 8 heavy (non-hydrogen) atoms. The summed E-state index contributed by atoms with van der Waals surface area (Å²) in [5, 5.41) is 9.05. The van der Waals surface area contributed by atoms with E-state index >= 15 is 0 Å². The number of nitriles is 1. The maximum atomic E-state index is 8.03. The molecule has 0 heterocycles. The Bertz CT molecular complexity index is 69.3.